The molecule has 0 fully saturated rings. The third-order valence-electron chi connectivity index (χ3n) is 5.37. The second-order valence-corrected chi connectivity index (χ2v) is 7.34. The van der Waals surface area contributed by atoms with Crippen molar-refractivity contribution >= 4 is 17.1 Å². The number of aryl methyl sites for hydroxylation is 3. The molecule has 0 radical (unpaired) electrons. The lowest BCUT2D eigenvalue weighted by Crippen LogP contribution is -2.16. The van der Waals surface area contributed by atoms with Gasteiger partial charge in [-0.25, -0.2) is 9.97 Å². The number of aliphatic carboxylic acids is 1. The second kappa shape index (κ2) is 7.62. The monoisotopic (exact) mass is 379 g/mol. The van der Waals surface area contributed by atoms with Crippen molar-refractivity contribution < 1.29 is 14.6 Å². The third-order valence-corrected chi connectivity index (χ3v) is 5.37. The molecule has 3 aromatic rings. The van der Waals surface area contributed by atoms with Gasteiger partial charge in [0.1, 0.15) is 17.1 Å². The van der Waals surface area contributed by atoms with Crippen molar-refractivity contribution in [3.8, 4) is 11.5 Å². The third kappa shape index (κ3) is 3.23. The molecule has 1 N–H and O–H groups in total. The number of para-hydroxylation sites is 1. The fourth-order valence-corrected chi connectivity index (χ4v) is 4.08. The lowest BCUT2D eigenvalue weighted by Gasteiger charge is -2.21. The molecule has 1 aromatic carbocycles. The van der Waals surface area contributed by atoms with E-state index in [2.05, 4.69) is 4.57 Å². The number of ether oxygens (including phenoxy) is 1. The number of aromatic nitrogens is 3. The van der Waals surface area contributed by atoms with Gasteiger partial charge in [0.05, 0.1) is 5.92 Å². The van der Waals surface area contributed by atoms with Crippen LogP contribution in [0.3, 0.4) is 0 Å². The molecule has 146 valence electrons. The van der Waals surface area contributed by atoms with Crippen LogP contribution in [-0.2, 0) is 17.8 Å². The van der Waals surface area contributed by atoms with Gasteiger partial charge in [-0.05, 0) is 38.3 Å². The zero-order valence-corrected chi connectivity index (χ0v) is 16.3. The normalized spacial score (nSPS) is 14.6. The molecular weight excluding hydrogens is 354 g/mol. The highest BCUT2D eigenvalue weighted by molar-refractivity contribution is 5.86. The van der Waals surface area contributed by atoms with Crippen molar-refractivity contribution in [2.45, 2.75) is 58.4 Å². The van der Waals surface area contributed by atoms with Crippen LogP contribution in [-0.4, -0.2) is 25.6 Å². The first kappa shape index (κ1) is 18.5. The number of hydrogen-bond acceptors (Lipinski definition) is 4. The van der Waals surface area contributed by atoms with Gasteiger partial charge >= 0.3 is 5.97 Å². The Hall–Kier alpha value is -2.89. The van der Waals surface area contributed by atoms with E-state index in [1.165, 1.54) is 0 Å². The molecular formula is C22H25N3O3. The van der Waals surface area contributed by atoms with Gasteiger partial charge in [-0.2, -0.15) is 0 Å². The molecule has 0 saturated heterocycles. The van der Waals surface area contributed by atoms with E-state index in [-0.39, 0.29) is 0 Å². The van der Waals surface area contributed by atoms with Gasteiger partial charge < -0.3 is 14.4 Å². The van der Waals surface area contributed by atoms with Crippen molar-refractivity contribution in [1.82, 2.24) is 14.5 Å². The van der Waals surface area contributed by atoms with Crippen molar-refractivity contribution in [2.75, 3.05) is 0 Å². The molecule has 6 heteroatoms. The van der Waals surface area contributed by atoms with E-state index >= 15 is 0 Å². The van der Waals surface area contributed by atoms with Gasteiger partial charge in [0.15, 0.2) is 11.4 Å². The molecule has 1 aliphatic rings. The molecule has 2 aromatic heterocycles. The van der Waals surface area contributed by atoms with E-state index in [1.807, 2.05) is 44.2 Å². The smallest absolute Gasteiger partial charge is 0.311 e. The van der Waals surface area contributed by atoms with Gasteiger partial charge in [0, 0.05) is 24.2 Å². The summed E-state index contributed by atoms with van der Waals surface area (Å²) in [4.78, 5) is 21.5. The van der Waals surface area contributed by atoms with Gasteiger partial charge in [0.2, 0.25) is 0 Å². The Bertz CT molecular complexity index is 1010. The van der Waals surface area contributed by atoms with Crippen LogP contribution in [0.5, 0.6) is 11.5 Å². The average molecular weight is 379 g/mol. The summed E-state index contributed by atoms with van der Waals surface area (Å²) in [7, 11) is 0. The van der Waals surface area contributed by atoms with Crippen molar-refractivity contribution in [3.63, 3.8) is 0 Å². The number of rotatable bonds is 6. The summed E-state index contributed by atoms with van der Waals surface area (Å²) in [5.74, 6) is 0.779. The highest BCUT2D eigenvalue weighted by Crippen LogP contribution is 2.41. The first-order chi connectivity index (χ1) is 13.6. The quantitative estimate of drug-likeness (QED) is 0.663. The van der Waals surface area contributed by atoms with Crippen LogP contribution >= 0.6 is 0 Å². The van der Waals surface area contributed by atoms with Crippen molar-refractivity contribution in [2.24, 2.45) is 0 Å². The van der Waals surface area contributed by atoms with Crippen LogP contribution in [0.4, 0.5) is 0 Å². The number of nitrogens with zero attached hydrogens (tertiary/aromatic N) is 3. The highest BCUT2D eigenvalue weighted by atomic mass is 16.5. The average Bonchev–Trinajstić information content (AvgIpc) is 3.05. The molecule has 3 heterocycles. The van der Waals surface area contributed by atoms with Crippen LogP contribution in [0.15, 0.2) is 30.3 Å². The van der Waals surface area contributed by atoms with Crippen LogP contribution < -0.4 is 4.74 Å². The van der Waals surface area contributed by atoms with E-state index in [9.17, 15) is 9.90 Å². The molecule has 28 heavy (non-hydrogen) atoms. The number of fused-ring (bicyclic) bond motifs is 3. The lowest BCUT2D eigenvalue weighted by molar-refractivity contribution is -0.139. The largest absolute Gasteiger partial charge is 0.481 e. The van der Waals surface area contributed by atoms with Crippen LogP contribution in [0.25, 0.3) is 11.2 Å². The minimum atomic E-state index is -0.845. The summed E-state index contributed by atoms with van der Waals surface area (Å²) >= 11 is 0. The fourth-order valence-electron chi connectivity index (χ4n) is 4.08. The van der Waals surface area contributed by atoms with E-state index in [0.717, 1.165) is 43.6 Å². The highest BCUT2D eigenvalue weighted by Gasteiger charge is 2.30. The van der Waals surface area contributed by atoms with E-state index in [1.54, 1.807) is 0 Å². The van der Waals surface area contributed by atoms with E-state index < -0.39 is 11.9 Å². The molecule has 0 spiro atoms. The number of hydrogen-bond donors (Lipinski definition) is 1. The summed E-state index contributed by atoms with van der Waals surface area (Å²) in [6, 6.07) is 9.52. The SMILES string of the molecule is CCCC(C(=O)O)c1c(C)nc2nc3n(c2c1Oc1ccccc1)CCCC3. The Balaban J connectivity index is 1.99. The predicted molar refractivity (Wildman–Crippen MR) is 107 cm³/mol. The van der Waals surface area contributed by atoms with Crippen LogP contribution in [0.2, 0.25) is 0 Å². The number of carboxylic acids is 1. The Morgan fingerprint density at radius 2 is 2.04 bits per heavy atom. The van der Waals surface area contributed by atoms with Gasteiger partial charge in [-0.3, -0.25) is 4.79 Å². The topological polar surface area (TPSA) is 77.2 Å². The maximum atomic E-state index is 12.1. The number of pyridine rings is 1. The molecule has 0 saturated carbocycles. The molecule has 4 rings (SSSR count). The Morgan fingerprint density at radius 1 is 1.25 bits per heavy atom. The Labute approximate surface area is 164 Å². The minimum absolute atomic E-state index is 0.537. The number of imidazole rings is 1. The van der Waals surface area contributed by atoms with Gasteiger partial charge in [-0.15, -0.1) is 0 Å². The molecule has 0 bridgehead atoms. The maximum Gasteiger partial charge on any atom is 0.311 e. The summed E-state index contributed by atoms with van der Waals surface area (Å²) in [5.41, 5.74) is 2.81. The van der Waals surface area contributed by atoms with Gasteiger partial charge in [0.25, 0.3) is 0 Å². The van der Waals surface area contributed by atoms with Crippen LogP contribution in [0.1, 0.15) is 55.6 Å². The lowest BCUT2D eigenvalue weighted by atomic mass is 9.92. The summed E-state index contributed by atoms with van der Waals surface area (Å²) in [6.45, 7) is 4.71. The van der Waals surface area contributed by atoms with Gasteiger partial charge in [-0.1, -0.05) is 31.5 Å². The summed E-state index contributed by atoms with van der Waals surface area (Å²) < 4.78 is 8.51. The molecule has 0 aliphatic carbocycles. The number of carboxylic acid groups (broad SMARTS) is 1. The van der Waals surface area contributed by atoms with Crippen molar-refractivity contribution in [3.05, 3.63) is 47.4 Å². The molecule has 1 atom stereocenters. The number of carbonyl (C=O) groups is 1. The standard InChI is InChI=1S/C22H25N3O3/c1-3-9-16(22(26)27)18-14(2)23-21-19(25-13-8-7-12-17(25)24-21)20(18)28-15-10-5-4-6-11-15/h4-6,10-11,16H,3,7-9,12-13H2,1-2H3,(H,26,27). The molecule has 1 aliphatic heterocycles. The minimum Gasteiger partial charge on any atom is -0.481 e. The predicted octanol–water partition coefficient (Wildman–Crippen LogP) is 4.84. The fraction of sp³-hybridized carbons (Fsp3) is 0.409. The van der Waals surface area contributed by atoms with E-state index in [4.69, 9.17) is 14.7 Å². The zero-order chi connectivity index (χ0) is 19.7. The maximum absolute atomic E-state index is 12.1. The first-order valence-electron chi connectivity index (χ1n) is 9.95. The molecule has 1 unspecified atom stereocenters. The Kier molecular flexibility index (Phi) is 5.03. The van der Waals surface area contributed by atoms with Crippen LogP contribution in [0, 0.1) is 6.92 Å². The second-order valence-electron chi connectivity index (χ2n) is 7.34. The summed E-state index contributed by atoms with van der Waals surface area (Å²) in [5, 5.41) is 9.93. The number of benzene rings is 1. The molecule has 0 amide bonds. The zero-order valence-electron chi connectivity index (χ0n) is 16.3. The summed E-state index contributed by atoms with van der Waals surface area (Å²) in [6.07, 6.45) is 4.40. The van der Waals surface area contributed by atoms with Crippen molar-refractivity contribution in [1.29, 1.82) is 0 Å². The Morgan fingerprint density at radius 3 is 2.75 bits per heavy atom. The molecule has 6 nitrogen and oxygen atoms in total. The first-order valence-corrected chi connectivity index (χ1v) is 9.95. The van der Waals surface area contributed by atoms with E-state index in [0.29, 0.717) is 34.8 Å².